The Morgan fingerprint density at radius 1 is 1.15 bits per heavy atom. The number of hydrogen-bond donors (Lipinski definition) is 3. The minimum Gasteiger partial charge on any atom is -0.456 e. The third kappa shape index (κ3) is 4.84. The number of esters is 1. The highest BCUT2D eigenvalue weighted by Crippen LogP contribution is 2.29. The largest absolute Gasteiger partial charge is 0.456 e. The first kappa shape index (κ1) is 22.8. The zero-order chi connectivity index (χ0) is 24.4. The number of nitrogens with one attached hydrogen (secondary N) is 3. The summed E-state index contributed by atoms with van der Waals surface area (Å²) in [4.78, 5) is 49.7. The van der Waals surface area contributed by atoms with Crippen LogP contribution in [-0.2, 0) is 21.4 Å². The van der Waals surface area contributed by atoms with Crippen LogP contribution in [0.15, 0.2) is 51.8 Å². The molecule has 0 fully saturated rings. The molecule has 0 bridgehead atoms. The standard InChI is InChI=1S/C22H18ClN5O6/c1-11(29)33-10-19(30)24-14-5-3-12-7-18(28(2)17(12)9-14)21(31)25-16-6-4-13(23)8-15(16)20-26-22(32)34-27-20/h3-9H,10H2,1-2H3,(H,24,30)(H,25,31)(H,26,27,32). The van der Waals surface area contributed by atoms with E-state index in [0.29, 0.717) is 33.2 Å². The number of fused-ring (bicyclic) bond motifs is 1. The molecule has 2 aromatic heterocycles. The van der Waals surface area contributed by atoms with Crippen molar-refractivity contribution in [2.75, 3.05) is 17.2 Å². The zero-order valence-corrected chi connectivity index (χ0v) is 18.7. The molecule has 0 aliphatic carbocycles. The Kier molecular flexibility index (Phi) is 6.19. The van der Waals surface area contributed by atoms with Gasteiger partial charge >= 0.3 is 11.7 Å². The van der Waals surface area contributed by atoms with Gasteiger partial charge < -0.3 is 19.9 Å². The molecule has 0 aliphatic rings. The van der Waals surface area contributed by atoms with E-state index in [1.54, 1.807) is 48.0 Å². The van der Waals surface area contributed by atoms with Crippen LogP contribution in [0.3, 0.4) is 0 Å². The topological polar surface area (TPSA) is 148 Å². The highest BCUT2D eigenvalue weighted by Gasteiger charge is 2.18. The molecule has 4 aromatic rings. The third-order valence-corrected chi connectivity index (χ3v) is 5.13. The number of halogens is 1. The van der Waals surface area contributed by atoms with Crippen LogP contribution in [0.4, 0.5) is 11.4 Å². The lowest BCUT2D eigenvalue weighted by Gasteiger charge is -2.10. The van der Waals surface area contributed by atoms with Gasteiger partial charge in [-0.3, -0.25) is 23.9 Å². The van der Waals surface area contributed by atoms with Gasteiger partial charge in [0.2, 0.25) is 0 Å². The molecule has 0 unspecified atom stereocenters. The fourth-order valence-corrected chi connectivity index (χ4v) is 3.52. The quantitative estimate of drug-likeness (QED) is 0.357. The van der Waals surface area contributed by atoms with Gasteiger partial charge in [0.25, 0.3) is 11.8 Å². The van der Waals surface area contributed by atoms with Crippen LogP contribution in [0, 0.1) is 0 Å². The van der Waals surface area contributed by atoms with E-state index in [1.165, 1.54) is 13.0 Å². The number of ether oxygens (including phenoxy) is 1. The van der Waals surface area contributed by atoms with Crippen LogP contribution in [0.2, 0.25) is 5.02 Å². The minimum atomic E-state index is -0.739. The van der Waals surface area contributed by atoms with Gasteiger partial charge in [-0.15, -0.1) is 0 Å². The fourth-order valence-electron chi connectivity index (χ4n) is 3.34. The van der Waals surface area contributed by atoms with E-state index in [1.807, 2.05) is 0 Å². The Morgan fingerprint density at radius 2 is 1.94 bits per heavy atom. The molecule has 11 nitrogen and oxygen atoms in total. The van der Waals surface area contributed by atoms with Gasteiger partial charge in [-0.25, -0.2) is 4.79 Å². The van der Waals surface area contributed by atoms with E-state index in [-0.39, 0.29) is 5.82 Å². The SMILES string of the molecule is CC(=O)OCC(=O)Nc1ccc2cc(C(=O)Nc3ccc(Cl)cc3-c3noc(=O)[nH]3)n(C)c2c1. The second-order valence-electron chi connectivity index (χ2n) is 7.28. The van der Waals surface area contributed by atoms with E-state index >= 15 is 0 Å². The molecule has 2 heterocycles. The number of amides is 2. The number of aryl methyl sites for hydroxylation is 1. The maximum atomic E-state index is 13.1. The van der Waals surface area contributed by atoms with Crippen molar-refractivity contribution in [3.05, 3.63) is 63.7 Å². The normalized spacial score (nSPS) is 10.8. The molecule has 0 saturated heterocycles. The average Bonchev–Trinajstić information content (AvgIpc) is 3.37. The summed E-state index contributed by atoms with van der Waals surface area (Å²) in [6.07, 6.45) is 0. The van der Waals surface area contributed by atoms with E-state index in [0.717, 1.165) is 5.39 Å². The van der Waals surface area contributed by atoms with Crippen LogP contribution < -0.4 is 16.4 Å². The number of nitrogens with zero attached hydrogens (tertiary/aromatic N) is 2. The minimum absolute atomic E-state index is 0.119. The van der Waals surface area contributed by atoms with E-state index < -0.39 is 30.1 Å². The monoisotopic (exact) mass is 483 g/mol. The maximum absolute atomic E-state index is 13.1. The Bertz CT molecular complexity index is 1480. The van der Waals surface area contributed by atoms with Crippen molar-refractivity contribution in [1.82, 2.24) is 14.7 Å². The molecule has 2 aromatic carbocycles. The first-order valence-corrected chi connectivity index (χ1v) is 10.3. The summed E-state index contributed by atoms with van der Waals surface area (Å²) in [6, 6.07) is 11.5. The van der Waals surface area contributed by atoms with Crippen molar-refractivity contribution in [2.45, 2.75) is 6.92 Å². The molecule has 2 amide bonds. The summed E-state index contributed by atoms with van der Waals surface area (Å²) in [6.45, 7) is 0.822. The van der Waals surface area contributed by atoms with Gasteiger partial charge in [0.15, 0.2) is 12.4 Å². The summed E-state index contributed by atoms with van der Waals surface area (Å²) in [7, 11) is 1.71. The van der Waals surface area contributed by atoms with E-state index in [2.05, 4.69) is 30.0 Å². The lowest BCUT2D eigenvalue weighted by molar-refractivity contribution is -0.144. The smallest absolute Gasteiger partial charge is 0.439 e. The molecular weight excluding hydrogens is 466 g/mol. The number of benzene rings is 2. The zero-order valence-electron chi connectivity index (χ0n) is 18.0. The molecule has 0 radical (unpaired) electrons. The molecule has 4 rings (SSSR count). The number of carbonyl (C=O) groups is 3. The van der Waals surface area contributed by atoms with Crippen molar-refractivity contribution in [1.29, 1.82) is 0 Å². The molecule has 0 atom stereocenters. The number of aromatic amines is 1. The molecule has 12 heteroatoms. The molecule has 3 N–H and O–H groups in total. The summed E-state index contributed by atoms with van der Waals surface area (Å²) >= 11 is 6.07. The highest BCUT2D eigenvalue weighted by molar-refractivity contribution is 6.31. The molecule has 0 spiro atoms. The van der Waals surface area contributed by atoms with Gasteiger partial charge in [-0.2, -0.15) is 0 Å². The number of hydrogen-bond acceptors (Lipinski definition) is 7. The molecule has 0 saturated carbocycles. The fraction of sp³-hybridized carbons (Fsp3) is 0.136. The summed E-state index contributed by atoms with van der Waals surface area (Å²) in [5, 5.41) is 10.2. The van der Waals surface area contributed by atoms with E-state index in [4.69, 9.17) is 11.6 Å². The van der Waals surface area contributed by atoms with Crippen molar-refractivity contribution in [3.63, 3.8) is 0 Å². The van der Waals surface area contributed by atoms with Gasteiger partial charge in [0.05, 0.1) is 11.2 Å². The van der Waals surface area contributed by atoms with Crippen molar-refractivity contribution in [2.24, 2.45) is 7.05 Å². The molecular formula is C22H18ClN5O6. The first-order valence-electron chi connectivity index (χ1n) is 9.91. The summed E-state index contributed by atoms with van der Waals surface area (Å²) in [5.41, 5.74) is 2.25. The van der Waals surface area contributed by atoms with Crippen molar-refractivity contribution in [3.8, 4) is 11.4 Å². The number of H-pyrrole nitrogens is 1. The van der Waals surface area contributed by atoms with Gasteiger partial charge in [-0.05, 0) is 36.4 Å². The van der Waals surface area contributed by atoms with Crippen LogP contribution in [-0.4, -0.2) is 39.1 Å². The van der Waals surface area contributed by atoms with Gasteiger partial charge in [0.1, 0.15) is 5.69 Å². The Hall–Kier alpha value is -4.38. The number of anilines is 2. The first-order chi connectivity index (χ1) is 16.2. The number of rotatable bonds is 6. The van der Waals surface area contributed by atoms with Gasteiger partial charge in [0, 0.05) is 35.6 Å². The second kappa shape index (κ2) is 9.24. The van der Waals surface area contributed by atoms with Crippen LogP contribution >= 0.6 is 11.6 Å². The van der Waals surface area contributed by atoms with Crippen LogP contribution in [0.1, 0.15) is 17.4 Å². The summed E-state index contributed by atoms with van der Waals surface area (Å²) < 4.78 is 10.9. The Balaban J connectivity index is 1.59. The maximum Gasteiger partial charge on any atom is 0.439 e. The molecule has 34 heavy (non-hydrogen) atoms. The lowest BCUT2D eigenvalue weighted by Crippen LogP contribution is -2.19. The lowest BCUT2D eigenvalue weighted by atomic mass is 10.1. The van der Waals surface area contributed by atoms with Gasteiger partial charge in [-0.1, -0.05) is 22.8 Å². The van der Waals surface area contributed by atoms with Crippen LogP contribution in [0.5, 0.6) is 0 Å². The number of aromatic nitrogens is 3. The number of carbonyl (C=O) groups excluding carboxylic acids is 3. The Labute approximate surface area is 196 Å². The molecule has 0 aliphatic heterocycles. The second-order valence-corrected chi connectivity index (χ2v) is 7.71. The molecule has 174 valence electrons. The van der Waals surface area contributed by atoms with Crippen molar-refractivity contribution >= 4 is 51.7 Å². The highest BCUT2D eigenvalue weighted by atomic mass is 35.5. The predicted molar refractivity (Wildman–Crippen MR) is 124 cm³/mol. The Morgan fingerprint density at radius 3 is 2.65 bits per heavy atom. The van der Waals surface area contributed by atoms with Crippen LogP contribution in [0.25, 0.3) is 22.3 Å². The predicted octanol–water partition coefficient (Wildman–Crippen LogP) is 2.93. The van der Waals surface area contributed by atoms with E-state index in [9.17, 15) is 19.2 Å². The van der Waals surface area contributed by atoms with Crippen molar-refractivity contribution < 1.29 is 23.6 Å². The third-order valence-electron chi connectivity index (χ3n) is 4.89. The average molecular weight is 484 g/mol. The summed E-state index contributed by atoms with van der Waals surface area (Å²) in [5.74, 6) is -2.08.